The van der Waals surface area contributed by atoms with E-state index in [9.17, 15) is 19.5 Å². The summed E-state index contributed by atoms with van der Waals surface area (Å²) < 4.78 is 21.0. The minimum absolute atomic E-state index is 0.0696. The van der Waals surface area contributed by atoms with Crippen molar-refractivity contribution in [3.05, 3.63) is 23.3 Å². The second-order valence-corrected chi connectivity index (χ2v) is 17.5. The number of nitrogens with two attached hydrogens (primary N) is 1. The summed E-state index contributed by atoms with van der Waals surface area (Å²) in [6.45, 7) is 8.48. The molecule has 5 aliphatic carbocycles. The highest BCUT2D eigenvalue weighted by Crippen LogP contribution is 2.78. The number of rotatable bonds is 14. The molecule has 5 N–H and O–H groups in total. The molecule has 0 aromatic heterocycles. The summed E-state index contributed by atoms with van der Waals surface area (Å²) in [4.78, 5) is 39.6. The van der Waals surface area contributed by atoms with Crippen molar-refractivity contribution in [3.63, 3.8) is 0 Å². The van der Waals surface area contributed by atoms with E-state index in [1.165, 1.54) is 42.3 Å². The van der Waals surface area contributed by atoms with Gasteiger partial charge in [-0.3, -0.25) is 9.59 Å². The molecule has 7 aliphatic rings. The van der Waals surface area contributed by atoms with Gasteiger partial charge in [-0.2, -0.15) is 0 Å². The lowest BCUT2D eigenvalue weighted by Gasteiger charge is -2.75. The quantitative estimate of drug-likeness (QED) is 0.170. The highest BCUT2D eigenvalue weighted by Gasteiger charge is 2.84. The second kappa shape index (κ2) is 12.9. The normalized spacial score (nSPS) is 34.6. The van der Waals surface area contributed by atoms with Gasteiger partial charge in [0.15, 0.2) is 11.5 Å². The predicted octanol–water partition coefficient (Wildman–Crippen LogP) is 3.01. The van der Waals surface area contributed by atoms with Crippen LogP contribution in [0, 0.1) is 17.3 Å². The monoisotopic (exact) mass is 710 g/mol. The van der Waals surface area contributed by atoms with Crippen molar-refractivity contribution in [2.24, 2.45) is 23.0 Å². The Hall–Kier alpha value is -2.93. The van der Waals surface area contributed by atoms with Crippen LogP contribution in [-0.4, -0.2) is 116 Å². The molecule has 2 spiro atoms. The number of piperidine rings is 1. The molecule has 1 saturated heterocycles. The van der Waals surface area contributed by atoms with E-state index in [1.807, 2.05) is 19.9 Å². The molecular formula is C39H60N5O7+. The summed E-state index contributed by atoms with van der Waals surface area (Å²) in [5.41, 5.74) is 6.10. The van der Waals surface area contributed by atoms with Gasteiger partial charge in [0.25, 0.3) is 0 Å². The molecule has 1 aromatic rings. The summed E-state index contributed by atoms with van der Waals surface area (Å²) >= 11 is 0. The lowest BCUT2D eigenvalue weighted by molar-refractivity contribution is -0.952. The fourth-order valence-electron chi connectivity index (χ4n) is 11.7. The summed E-state index contributed by atoms with van der Waals surface area (Å²) in [6, 6.07) is 3.81. The first-order valence-electron chi connectivity index (χ1n) is 19.3. The smallest absolute Gasteiger partial charge is 0.415 e. The summed E-state index contributed by atoms with van der Waals surface area (Å²) in [5, 5.41) is 17.3. The Kier molecular flexibility index (Phi) is 9.20. The number of aliphatic hydroxyl groups is 1. The average Bonchev–Trinajstić information content (AvgIpc) is 3.81. The zero-order valence-electron chi connectivity index (χ0n) is 31.5. The number of unbranched alkanes of at least 4 members (excludes halogenated alkanes) is 1. The van der Waals surface area contributed by atoms with Gasteiger partial charge < -0.3 is 45.1 Å². The molecule has 0 radical (unpaired) electrons. The first kappa shape index (κ1) is 36.4. The van der Waals surface area contributed by atoms with Crippen LogP contribution < -0.4 is 25.8 Å². The van der Waals surface area contributed by atoms with E-state index in [4.69, 9.17) is 19.9 Å². The van der Waals surface area contributed by atoms with Crippen molar-refractivity contribution in [3.8, 4) is 11.5 Å². The first-order chi connectivity index (χ1) is 24.2. The van der Waals surface area contributed by atoms with Gasteiger partial charge in [-0.05, 0) is 83.4 Å². The maximum Gasteiger partial charge on any atom is 0.415 e. The van der Waals surface area contributed by atoms with Gasteiger partial charge in [0.05, 0.1) is 37.2 Å². The standard InChI is InChI=1S/C39H59N5O7/c1-24(45)42-27(9-7-8-17-40)33(46)41-18-19-43(4)35(47)50-28-13-12-26-21-30-37-14-15-39(49-6,29(22-37)36(2,3)48)34-38(37,31(26)32(28)51-34)16-20-44(30,5)23-25-10-11-25/h12-13,25,27,29-30,34,48H,7-11,14-23,40H2,1-6H3,(H-,41,42,45,46)/p+1/t27-,29+,30+,34+,37+,38-,39+,44?/m0/s1. The Morgan fingerprint density at radius 2 is 1.96 bits per heavy atom. The van der Waals surface area contributed by atoms with E-state index in [2.05, 4.69) is 23.7 Å². The number of benzene rings is 1. The zero-order chi connectivity index (χ0) is 36.6. The van der Waals surface area contributed by atoms with Crippen LogP contribution in [0.2, 0.25) is 0 Å². The first-order valence-corrected chi connectivity index (χ1v) is 19.3. The lowest BCUT2D eigenvalue weighted by Crippen LogP contribution is -2.84. The highest BCUT2D eigenvalue weighted by molar-refractivity contribution is 5.86. The number of amides is 3. The number of carbonyl (C=O) groups excluding carboxylic acids is 3. The highest BCUT2D eigenvalue weighted by atomic mass is 16.6. The molecule has 8 atom stereocenters. The number of likely N-dealkylation sites (tertiary alicyclic amines) is 1. The van der Waals surface area contributed by atoms with Gasteiger partial charge >= 0.3 is 6.09 Å². The van der Waals surface area contributed by atoms with Crippen molar-refractivity contribution < 1.29 is 38.2 Å². The van der Waals surface area contributed by atoms with E-state index in [-0.39, 0.29) is 47.8 Å². The molecule has 12 heteroatoms. The Bertz CT molecular complexity index is 1560. The van der Waals surface area contributed by atoms with Crippen LogP contribution in [0.15, 0.2) is 12.1 Å². The SMILES string of the molecule is CO[C@]12CC[C@@]3(C[C@@H]1C(C)(C)O)[C@H]1Cc4ccc(OC(=O)N(C)CCNC(=O)[C@H](CCCCN)NC(C)=O)c5c4[C@@]3(CC[N+]1(C)CC1CC1)[C@H]2O5. The molecule has 51 heavy (non-hydrogen) atoms. The number of hydrogen-bond acceptors (Lipinski definition) is 8. The molecule has 4 saturated carbocycles. The summed E-state index contributed by atoms with van der Waals surface area (Å²) in [5.74, 6) is 1.19. The van der Waals surface area contributed by atoms with E-state index in [0.717, 1.165) is 61.9 Å². The molecule has 4 bridgehead atoms. The van der Waals surface area contributed by atoms with E-state index >= 15 is 0 Å². The fraction of sp³-hybridized carbons (Fsp3) is 0.769. The van der Waals surface area contributed by atoms with Crippen LogP contribution in [0.5, 0.6) is 11.5 Å². The Morgan fingerprint density at radius 1 is 1.20 bits per heavy atom. The van der Waals surface area contributed by atoms with Gasteiger partial charge in [0, 0.05) is 69.8 Å². The van der Waals surface area contributed by atoms with Crippen molar-refractivity contribution in [2.75, 3.05) is 53.9 Å². The predicted molar refractivity (Wildman–Crippen MR) is 191 cm³/mol. The fourth-order valence-corrected chi connectivity index (χ4v) is 11.7. The number of likely N-dealkylation sites (N-methyl/N-ethyl adjacent to an activating group) is 2. The molecule has 3 amide bonds. The number of hydrogen-bond donors (Lipinski definition) is 4. The van der Waals surface area contributed by atoms with E-state index in [1.54, 1.807) is 14.2 Å². The molecule has 282 valence electrons. The molecule has 8 rings (SSSR count). The average molecular weight is 711 g/mol. The molecule has 2 heterocycles. The van der Waals surface area contributed by atoms with Crippen LogP contribution in [0.3, 0.4) is 0 Å². The molecule has 12 nitrogen and oxygen atoms in total. The Labute approximate surface area is 302 Å². The number of carbonyl (C=O) groups is 3. The van der Waals surface area contributed by atoms with Crippen LogP contribution in [0.4, 0.5) is 4.79 Å². The van der Waals surface area contributed by atoms with E-state index < -0.39 is 23.3 Å². The second-order valence-electron chi connectivity index (χ2n) is 17.5. The molecule has 1 aromatic carbocycles. The maximum absolute atomic E-state index is 13.6. The third kappa shape index (κ3) is 5.65. The lowest BCUT2D eigenvalue weighted by atomic mass is 9.33. The van der Waals surface area contributed by atoms with Crippen molar-refractivity contribution >= 4 is 17.9 Å². The summed E-state index contributed by atoms with van der Waals surface area (Å²) in [6.07, 6.45) is 8.46. The number of nitrogens with zero attached hydrogens (tertiary/aromatic N) is 2. The van der Waals surface area contributed by atoms with Crippen molar-refractivity contribution in [1.82, 2.24) is 15.5 Å². The van der Waals surface area contributed by atoms with Crippen molar-refractivity contribution in [1.29, 1.82) is 0 Å². The Morgan fingerprint density at radius 3 is 2.63 bits per heavy atom. The van der Waals surface area contributed by atoms with Crippen LogP contribution in [-0.2, 0) is 26.2 Å². The topological polar surface area (TPSA) is 152 Å². The van der Waals surface area contributed by atoms with E-state index in [0.29, 0.717) is 30.5 Å². The van der Waals surface area contributed by atoms with Gasteiger partial charge in [-0.15, -0.1) is 0 Å². The van der Waals surface area contributed by atoms with Gasteiger partial charge in [0.1, 0.15) is 17.7 Å². The Balaban J connectivity index is 1.14. The van der Waals surface area contributed by atoms with Crippen LogP contribution in [0.1, 0.15) is 89.7 Å². The van der Waals surface area contributed by atoms with Gasteiger partial charge in [-0.25, -0.2) is 4.79 Å². The van der Waals surface area contributed by atoms with Gasteiger partial charge in [0.2, 0.25) is 11.8 Å². The minimum Gasteiger partial charge on any atom is -0.482 e. The summed E-state index contributed by atoms with van der Waals surface area (Å²) in [7, 11) is 5.92. The number of methoxy groups -OCH3 is 1. The number of fused-ring (bicyclic) bond motifs is 2. The largest absolute Gasteiger partial charge is 0.482 e. The van der Waals surface area contributed by atoms with Crippen LogP contribution >= 0.6 is 0 Å². The molecule has 5 fully saturated rings. The van der Waals surface area contributed by atoms with Gasteiger partial charge in [-0.1, -0.05) is 6.07 Å². The molecule has 2 aliphatic heterocycles. The maximum atomic E-state index is 13.6. The third-order valence-electron chi connectivity index (χ3n) is 14.1. The van der Waals surface area contributed by atoms with Crippen LogP contribution in [0.25, 0.3) is 0 Å². The number of ether oxygens (including phenoxy) is 3. The minimum atomic E-state index is -0.961. The zero-order valence-corrected chi connectivity index (χ0v) is 31.5. The molecular weight excluding hydrogens is 650 g/mol. The number of nitrogens with one attached hydrogen (secondary N) is 2. The number of quaternary nitrogens is 1. The third-order valence-corrected chi connectivity index (χ3v) is 14.1. The molecule has 1 unspecified atom stereocenters. The van der Waals surface area contributed by atoms with Crippen molar-refractivity contribution in [2.45, 2.75) is 120 Å².